The molecular weight excluding hydrogens is 381 g/mol. The van der Waals surface area contributed by atoms with Crippen molar-refractivity contribution in [1.82, 2.24) is 10.4 Å². The largest absolute Gasteiger partial charge is 0.466 e. The molecule has 6 nitrogen and oxygen atoms in total. The lowest BCUT2D eigenvalue weighted by atomic mass is 10.1. The van der Waals surface area contributed by atoms with Crippen LogP contribution in [0, 0.1) is 0 Å². The number of fused-ring (bicyclic) bond motifs is 1. The number of nitrogens with one attached hydrogen (secondary N) is 3. The van der Waals surface area contributed by atoms with Gasteiger partial charge in [-0.1, -0.05) is 41.7 Å². The molecular formula is C17H15F3N4O2S. The molecule has 1 atom stereocenters. The van der Waals surface area contributed by atoms with E-state index in [9.17, 15) is 18.0 Å². The number of alkyl halides is 3. The Labute approximate surface area is 156 Å². The van der Waals surface area contributed by atoms with Gasteiger partial charge in [0.1, 0.15) is 0 Å². The fraction of sp³-hybridized carbons (Fsp3) is 0.176. The Balaban J connectivity index is 1.97. The van der Waals surface area contributed by atoms with Crippen molar-refractivity contribution in [1.29, 1.82) is 0 Å². The summed E-state index contributed by atoms with van der Waals surface area (Å²) in [5.41, 5.74) is 2.05. The topological polar surface area (TPSA) is 75.3 Å². The molecule has 0 radical (unpaired) electrons. The monoisotopic (exact) mass is 396 g/mol. The first-order chi connectivity index (χ1) is 12.9. The highest BCUT2D eigenvalue weighted by Gasteiger charge is 2.63. The summed E-state index contributed by atoms with van der Waals surface area (Å²) in [4.78, 5) is 16.3. The number of rotatable bonds is 6. The molecule has 0 aliphatic rings. The summed E-state index contributed by atoms with van der Waals surface area (Å²) in [5.74, 6) is -1.56. The quantitative estimate of drug-likeness (QED) is 0.335. The minimum Gasteiger partial charge on any atom is -0.466 e. The van der Waals surface area contributed by atoms with E-state index < -0.39 is 17.8 Å². The number of esters is 1. The Morgan fingerprint density at radius 3 is 2.37 bits per heavy atom. The summed E-state index contributed by atoms with van der Waals surface area (Å²) in [7, 11) is 0.882. The lowest BCUT2D eigenvalue weighted by molar-refractivity contribution is -0.204. The lowest BCUT2D eigenvalue weighted by Gasteiger charge is -2.34. The molecule has 0 saturated heterocycles. The number of nitrogens with zero attached hydrogens (tertiary/aromatic N) is 1. The van der Waals surface area contributed by atoms with Crippen molar-refractivity contribution >= 4 is 38.3 Å². The van der Waals surface area contributed by atoms with Crippen LogP contribution in [0.2, 0.25) is 0 Å². The minimum absolute atomic E-state index is 0.0821. The zero-order valence-corrected chi connectivity index (χ0v) is 14.8. The maximum absolute atomic E-state index is 14.0. The number of hydrogen-bond acceptors (Lipinski definition) is 7. The van der Waals surface area contributed by atoms with Crippen LogP contribution in [0.25, 0.3) is 10.2 Å². The highest BCUT2D eigenvalue weighted by molar-refractivity contribution is 7.22. The maximum atomic E-state index is 14.0. The van der Waals surface area contributed by atoms with Crippen LogP contribution in [0.4, 0.5) is 24.0 Å². The Morgan fingerprint density at radius 2 is 1.74 bits per heavy atom. The summed E-state index contributed by atoms with van der Waals surface area (Å²) in [6.45, 7) is 0. The Hall–Kier alpha value is -2.85. The first-order valence-corrected chi connectivity index (χ1v) is 8.54. The number of benzene rings is 2. The molecule has 3 N–H and O–H groups in total. The summed E-state index contributed by atoms with van der Waals surface area (Å²) in [6.07, 6.45) is -5.04. The van der Waals surface area contributed by atoms with Gasteiger partial charge in [0.05, 0.1) is 17.3 Å². The Bertz CT molecular complexity index is 900. The van der Waals surface area contributed by atoms with Gasteiger partial charge in [0.15, 0.2) is 5.13 Å². The molecule has 0 spiro atoms. The lowest BCUT2D eigenvalue weighted by Crippen LogP contribution is -2.69. The van der Waals surface area contributed by atoms with E-state index in [1.807, 2.05) is 5.43 Å². The number of halogens is 3. The van der Waals surface area contributed by atoms with E-state index in [1.54, 1.807) is 54.6 Å². The van der Waals surface area contributed by atoms with E-state index in [0.717, 1.165) is 18.4 Å². The van der Waals surface area contributed by atoms with Gasteiger partial charge in [0, 0.05) is 5.69 Å². The van der Waals surface area contributed by atoms with Crippen LogP contribution >= 0.6 is 11.3 Å². The molecule has 2 aromatic carbocycles. The van der Waals surface area contributed by atoms with Crippen molar-refractivity contribution in [2.24, 2.45) is 0 Å². The molecule has 0 saturated carbocycles. The third-order valence-electron chi connectivity index (χ3n) is 3.67. The van der Waals surface area contributed by atoms with Crippen LogP contribution in [-0.2, 0) is 9.53 Å². The molecule has 3 aromatic rings. The normalized spacial score (nSPS) is 13.8. The van der Waals surface area contributed by atoms with Gasteiger partial charge in [0.2, 0.25) is 0 Å². The molecule has 0 aliphatic carbocycles. The van der Waals surface area contributed by atoms with E-state index in [2.05, 4.69) is 20.5 Å². The number of carbonyl (C=O) groups is 1. The van der Waals surface area contributed by atoms with E-state index in [0.29, 0.717) is 15.9 Å². The van der Waals surface area contributed by atoms with Gasteiger partial charge >= 0.3 is 17.8 Å². The van der Waals surface area contributed by atoms with Crippen LogP contribution in [0.5, 0.6) is 0 Å². The predicted molar refractivity (Wildman–Crippen MR) is 97.2 cm³/mol. The van der Waals surface area contributed by atoms with Gasteiger partial charge < -0.3 is 15.5 Å². The standard InChI is InChI=1S/C17H15F3N4O2S/c1-26-14(25)16(17(18,19)20,24-23-11-7-3-2-4-8-11)22-15-21-12-9-5-6-10-13(12)27-15/h2-10,23-24H,1H3,(H,21,22)/t16-/m0/s1. The van der Waals surface area contributed by atoms with Crippen molar-refractivity contribution in [3.63, 3.8) is 0 Å². The van der Waals surface area contributed by atoms with Crippen molar-refractivity contribution in [2.45, 2.75) is 11.8 Å². The molecule has 27 heavy (non-hydrogen) atoms. The van der Waals surface area contributed by atoms with Crippen LogP contribution in [0.1, 0.15) is 0 Å². The third kappa shape index (κ3) is 3.81. The van der Waals surface area contributed by atoms with Gasteiger partial charge in [-0.05, 0) is 24.3 Å². The minimum atomic E-state index is -5.04. The molecule has 0 unspecified atom stereocenters. The first-order valence-electron chi connectivity index (χ1n) is 7.73. The van der Waals surface area contributed by atoms with Crippen molar-refractivity contribution in [3.05, 3.63) is 54.6 Å². The van der Waals surface area contributed by atoms with Crippen LogP contribution in [0.3, 0.4) is 0 Å². The zero-order chi connectivity index (χ0) is 19.5. The predicted octanol–water partition coefficient (Wildman–Crippen LogP) is 3.76. The highest BCUT2D eigenvalue weighted by atomic mass is 32.1. The van der Waals surface area contributed by atoms with Crippen molar-refractivity contribution < 1.29 is 22.7 Å². The Morgan fingerprint density at radius 1 is 1.07 bits per heavy atom. The van der Waals surface area contributed by atoms with E-state index >= 15 is 0 Å². The van der Waals surface area contributed by atoms with Gasteiger partial charge in [-0.15, -0.1) is 0 Å². The Kier molecular flexibility index (Phi) is 5.19. The SMILES string of the molecule is COC(=O)[C@@](NNc1ccccc1)(Nc1nc2ccccc2s1)C(F)(F)F. The van der Waals surface area contributed by atoms with Gasteiger partial charge in [0.25, 0.3) is 0 Å². The van der Waals surface area contributed by atoms with Gasteiger partial charge in [-0.2, -0.15) is 18.6 Å². The highest BCUT2D eigenvalue weighted by Crippen LogP contribution is 2.35. The van der Waals surface area contributed by atoms with Crippen LogP contribution in [-0.4, -0.2) is 29.9 Å². The van der Waals surface area contributed by atoms with Crippen molar-refractivity contribution in [3.8, 4) is 0 Å². The van der Waals surface area contributed by atoms with E-state index in [4.69, 9.17) is 0 Å². The fourth-order valence-corrected chi connectivity index (χ4v) is 3.24. The third-order valence-corrected chi connectivity index (χ3v) is 4.63. The molecule has 0 bridgehead atoms. The van der Waals surface area contributed by atoms with E-state index in [1.165, 1.54) is 0 Å². The second-order valence-electron chi connectivity index (χ2n) is 5.47. The summed E-state index contributed by atoms with van der Waals surface area (Å²) in [6, 6.07) is 14.9. The number of methoxy groups -OCH3 is 1. The number of hydrogen-bond donors (Lipinski definition) is 3. The number of ether oxygens (including phenoxy) is 1. The summed E-state index contributed by atoms with van der Waals surface area (Å²) < 4.78 is 47.0. The number of hydrazine groups is 1. The molecule has 0 aliphatic heterocycles. The summed E-state index contributed by atoms with van der Waals surface area (Å²) >= 11 is 0.992. The van der Waals surface area contributed by atoms with E-state index in [-0.39, 0.29) is 5.13 Å². The molecule has 1 heterocycles. The average molecular weight is 396 g/mol. The number of para-hydroxylation sites is 2. The molecule has 0 amide bonds. The van der Waals surface area contributed by atoms with Crippen molar-refractivity contribution in [2.75, 3.05) is 17.9 Å². The fourth-order valence-electron chi connectivity index (χ4n) is 2.32. The second kappa shape index (κ2) is 7.41. The number of thiazole rings is 1. The molecule has 10 heteroatoms. The molecule has 0 fully saturated rings. The van der Waals surface area contributed by atoms with Crippen LogP contribution in [0.15, 0.2) is 54.6 Å². The zero-order valence-electron chi connectivity index (χ0n) is 14.0. The van der Waals surface area contributed by atoms with Crippen LogP contribution < -0.4 is 16.2 Å². The number of aromatic nitrogens is 1. The van der Waals surface area contributed by atoms with Gasteiger partial charge in [-0.25, -0.2) is 9.78 Å². The second-order valence-corrected chi connectivity index (χ2v) is 6.50. The molecule has 3 rings (SSSR count). The number of carbonyl (C=O) groups excluding carboxylic acids is 1. The molecule has 1 aromatic heterocycles. The molecule has 142 valence electrons. The maximum Gasteiger partial charge on any atom is 0.438 e. The average Bonchev–Trinajstić information content (AvgIpc) is 3.06. The summed E-state index contributed by atoms with van der Waals surface area (Å²) in [5, 5.41) is 2.09. The van der Waals surface area contributed by atoms with Gasteiger partial charge in [-0.3, -0.25) is 0 Å². The number of anilines is 2. The first kappa shape index (κ1) is 18.9. The smallest absolute Gasteiger partial charge is 0.438 e.